The molecule has 1 amide bonds. The van der Waals surface area contributed by atoms with Gasteiger partial charge in [-0.25, -0.2) is 17.8 Å². The molecule has 1 N–H and O–H groups in total. The number of carbonyl (C=O) groups excluding carboxylic acids is 1. The van der Waals surface area contributed by atoms with Gasteiger partial charge in [-0.1, -0.05) is 29.8 Å². The Hall–Kier alpha value is -3.18. The van der Waals surface area contributed by atoms with Crippen molar-refractivity contribution in [1.29, 1.82) is 0 Å². The molecule has 33 heavy (non-hydrogen) atoms. The van der Waals surface area contributed by atoms with E-state index in [9.17, 15) is 26.4 Å². The van der Waals surface area contributed by atoms with Crippen molar-refractivity contribution in [3.05, 3.63) is 65.9 Å². The zero-order chi connectivity index (χ0) is 24.4. The van der Waals surface area contributed by atoms with Crippen LogP contribution in [0.4, 0.5) is 13.2 Å². The molecule has 1 heterocycles. The van der Waals surface area contributed by atoms with Crippen LogP contribution in [0.1, 0.15) is 17.7 Å². The summed E-state index contributed by atoms with van der Waals surface area (Å²) < 4.78 is 68.0. The Morgan fingerprint density at radius 3 is 2.21 bits per heavy atom. The lowest BCUT2D eigenvalue weighted by molar-refractivity contribution is -0.141. The summed E-state index contributed by atoms with van der Waals surface area (Å²) in [4.78, 5) is 13.5. The molecule has 2 aromatic carbocycles. The molecule has 0 fully saturated rings. The fourth-order valence-corrected chi connectivity index (χ4v) is 4.01. The van der Waals surface area contributed by atoms with Crippen LogP contribution < -0.4 is 4.72 Å². The Balaban J connectivity index is 1.93. The highest BCUT2D eigenvalue weighted by Crippen LogP contribution is 2.33. The van der Waals surface area contributed by atoms with Gasteiger partial charge in [0.1, 0.15) is 0 Å². The van der Waals surface area contributed by atoms with Gasteiger partial charge in [0.2, 0.25) is 5.91 Å². The lowest BCUT2D eigenvalue weighted by Gasteiger charge is -2.11. The zero-order valence-electron chi connectivity index (χ0n) is 18.2. The van der Waals surface area contributed by atoms with Gasteiger partial charge < -0.3 is 4.90 Å². The minimum absolute atomic E-state index is 0.00225. The maximum absolute atomic E-state index is 13.3. The molecule has 3 aromatic rings. The Morgan fingerprint density at radius 2 is 1.67 bits per heavy atom. The highest BCUT2D eigenvalue weighted by molar-refractivity contribution is 7.90. The standard InChI is InChI=1S/C22H23F3N4O3S/c1-15-4-6-16(7-5-15)19-14-20(22(23,24)25)26-29(19)17-8-10-18(11-9-17)33(31,32)27-21(30)12-13-28(2)3/h4-11,14H,12-13H2,1-3H3,(H,27,30). The predicted molar refractivity (Wildman–Crippen MR) is 117 cm³/mol. The van der Waals surface area contributed by atoms with Crippen molar-refractivity contribution in [2.75, 3.05) is 20.6 Å². The first-order chi connectivity index (χ1) is 15.4. The van der Waals surface area contributed by atoms with E-state index in [-0.39, 0.29) is 22.7 Å². The van der Waals surface area contributed by atoms with Crippen LogP contribution in [0.2, 0.25) is 0 Å². The van der Waals surface area contributed by atoms with Crippen molar-refractivity contribution in [3.8, 4) is 16.9 Å². The number of sulfonamides is 1. The van der Waals surface area contributed by atoms with Crippen LogP contribution in [0, 0.1) is 6.92 Å². The highest BCUT2D eigenvalue weighted by atomic mass is 32.2. The number of benzene rings is 2. The second-order valence-corrected chi connectivity index (χ2v) is 9.45. The third-order valence-electron chi connectivity index (χ3n) is 4.77. The molecule has 1 aromatic heterocycles. The highest BCUT2D eigenvalue weighted by Gasteiger charge is 2.35. The number of halogens is 3. The van der Waals surface area contributed by atoms with Gasteiger partial charge in [-0.05, 0) is 51.4 Å². The van der Waals surface area contributed by atoms with Gasteiger partial charge in [0.25, 0.3) is 10.0 Å². The monoisotopic (exact) mass is 480 g/mol. The normalized spacial score (nSPS) is 12.2. The van der Waals surface area contributed by atoms with Crippen molar-refractivity contribution in [3.63, 3.8) is 0 Å². The number of nitrogens with zero attached hydrogens (tertiary/aromatic N) is 3. The van der Waals surface area contributed by atoms with Crippen molar-refractivity contribution in [2.45, 2.75) is 24.4 Å². The molecule has 0 saturated heterocycles. The molecule has 0 spiro atoms. The minimum atomic E-state index is -4.65. The maximum atomic E-state index is 13.3. The van der Waals surface area contributed by atoms with Crippen LogP contribution >= 0.6 is 0 Å². The summed E-state index contributed by atoms with van der Waals surface area (Å²) in [5.74, 6) is -0.656. The van der Waals surface area contributed by atoms with Crippen LogP contribution in [-0.2, 0) is 21.0 Å². The smallest absolute Gasteiger partial charge is 0.309 e. The number of alkyl halides is 3. The molecule has 0 bridgehead atoms. The number of nitrogens with one attached hydrogen (secondary N) is 1. The number of hydrogen-bond acceptors (Lipinski definition) is 5. The van der Waals surface area contributed by atoms with E-state index in [1.807, 2.05) is 11.6 Å². The Morgan fingerprint density at radius 1 is 1.06 bits per heavy atom. The Bertz CT molecular complexity index is 1230. The first-order valence-electron chi connectivity index (χ1n) is 9.92. The van der Waals surface area contributed by atoms with E-state index < -0.39 is 27.8 Å². The largest absolute Gasteiger partial charge is 0.435 e. The third kappa shape index (κ3) is 5.99. The van der Waals surface area contributed by atoms with E-state index in [0.717, 1.165) is 16.3 Å². The maximum Gasteiger partial charge on any atom is 0.435 e. The lowest BCUT2D eigenvalue weighted by atomic mass is 10.1. The summed E-state index contributed by atoms with van der Waals surface area (Å²) in [6, 6.07) is 13.0. The Kier molecular flexibility index (Phi) is 6.94. The summed E-state index contributed by atoms with van der Waals surface area (Å²) in [7, 11) is -0.610. The number of rotatable bonds is 7. The van der Waals surface area contributed by atoms with Crippen molar-refractivity contribution in [2.24, 2.45) is 0 Å². The quantitative estimate of drug-likeness (QED) is 0.559. The van der Waals surface area contributed by atoms with Gasteiger partial charge in [-0.2, -0.15) is 18.3 Å². The molecule has 176 valence electrons. The first kappa shape index (κ1) is 24.5. The zero-order valence-corrected chi connectivity index (χ0v) is 19.0. The van der Waals surface area contributed by atoms with Gasteiger partial charge >= 0.3 is 6.18 Å². The van der Waals surface area contributed by atoms with Gasteiger partial charge in [0, 0.05) is 18.5 Å². The van der Waals surface area contributed by atoms with Crippen molar-refractivity contribution in [1.82, 2.24) is 19.4 Å². The van der Waals surface area contributed by atoms with Gasteiger partial charge in [0.05, 0.1) is 16.3 Å². The van der Waals surface area contributed by atoms with Crippen molar-refractivity contribution >= 4 is 15.9 Å². The molecule has 0 radical (unpaired) electrons. The molecular formula is C22H23F3N4O3S. The SMILES string of the molecule is Cc1ccc(-c2cc(C(F)(F)F)nn2-c2ccc(S(=O)(=O)NC(=O)CCN(C)C)cc2)cc1. The number of aryl methyl sites for hydroxylation is 1. The average Bonchev–Trinajstić information content (AvgIpc) is 3.19. The summed E-state index contributed by atoms with van der Waals surface area (Å²) in [6.07, 6.45) is -4.65. The fourth-order valence-electron chi connectivity index (χ4n) is 3.00. The van der Waals surface area contributed by atoms with Crippen molar-refractivity contribution < 1.29 is 26.4 Å². The molecule has 0 aliphatic heterocycles. The number of hydrogen-bond donors (Lipinski definition) is 1. The van der Waals surface area contributed by atoms with E-state index >= 15 is 0 Å². The first-order valence-corrected chi connectivity index (χ1v) is 11.4. The molecule has 7 nitrogen and oxygen atoms in total. The van der Waals surface area contributed by atoms with Gasteiger partial charge in [-0.15, -0.1) is 0 Å². The number of carbonyl (C=O) groups is 1. The summed E-state index contributed by atoms with van der Waals surface area (Å²) in [5.41, 5.74) is 0.841. The molecule has 0 saturated carbocycles. The Labute approximate surface area is 189 Å². The topological polar surface area (TPSA) is 84.3 Å². The van der Waals surface area contributed by atoms with E-state index in [2.05, 4.69) is 5.10 Å². The van der Waals surface area contributed by atoms with Gasteiger partial charge in [0.15, 0.2) is 5.69 Å². The molecule has 0 atom stereocenters. The summed E-state index contributed by atoms with van der Waals surface area (Å²) in [5, 5.41) is 3.70. The lowest BCUT2D eigenvalue weighted by Crippen LogP contribution is -2.32. The second kappa shape index (κ2) is 9.36. The van der Waals surface area contributed by atoms with E-state index in [0.29, 0.717) is 12.1 Å². The molecule has 3 rings (SSSR count). The minimum Gasteiger partial charge on any atom is -0.309 e. The fraction of sp³-hybridized carbons (Fsp3) is 0.273. The molecule has 0 aliphatic rings. The summed E-state index contributed by atoms with van der Waals surface area (Å²) in [6.45, 7) is 2.24. The summed E-state index contributed by atoms with van der Waals surface area (Å²) >= 11 is 0. The second-order valence-electron chi connectivity index (χ2n) is 7.77. The number of amides is 1. The van der Waals surface area contributed by atoms with Crippen LogP contribution in [-0.4, -0.2) is 49.6 Å². The molecule has 0 unspecified atom stereocenters. The van der Waals surface area contributed by atoms with Gasteiger partial charge in [-0.3, -0.25) is 4.79 Å². The number of aromatic nitrogens is 2. The van der Waals surface area contributed by atoms with Crippen LogP contribution in [0.25, 0.3) is 16.9 Å². The molecular weight excluding hydrogens is 457 g/mol. The third-order valence-corrected chi connectivity index (χ3v) is 6.16. The van der Waals surface area contributed by atoms with Crippen LogP contribution in [0.15, 0.2) is 59.5 Å². The van der Waals surface area contributed by atoms with E-state index in [1.165, 1.54) is 24.3 Å². The molecule has 0 aliphatic carbocycles. The van der Waals surface area contributed by atoms with Crippen LogP contribution in [0.3, 0.4) is 0 Å². The predicted octanol–water partition coefficient (Wildman–Crippen LogP) is 3.62. The van der Waals surface area contributed by atoms with Crippen LogP contribution in [0.5, 0.6) is 0 Å². The van der Waals surface area contributed by atoms with E-state index in [4.69, 9.17) is 0 Å². The average molecular weight is 481 g/mol. The van der Waals surface area contributed by atoms with E-state index in [1.54, 1.807) is 43.3 Å². The molecule has 11 heteroatoms.